The molecule has 0 aromatic heterocycles. The van der Waals surface area contributed by atoms with E-state index in [0.717, 1.165) is 23.2 Å². The maximum Gasteiger partial charge on any atom is 0.153 e. The van der Waals surface area contributed by atoms with Gasteiger partial charge in [-0.1, -0.05) is 0 Å². The van der Waals surface area contributed by atoms with Crippen LogP contribution in [0.25, 0.3) is 0 Å². The van der Waals surface area contributed by atoms with Crippen molar-refractivity contribution in [3.05, 3.63) is 22.2 Å². The molecule has 0 aliphatic carbocycles. The second-order valence-electron chi connectivity index (χ2n) is 3.15. The first kappa shape index (κ1) is 12.0. The van der Waals surface area contributed by atoms with E-state index in [-0.39, 0.29) is 5.75 Å². The highest BCUT2D eigenvalue weighted by atomic mass is 79.9. The highest BCUT2D eigenvalue weighted by Crippen LogP contribution is 2.32. The van der Waals surface area contributed by atoms with Crippen molar-refractivity contribution in [3.8, 4) is 5.75 Å². The average Bonchev–Trinajstić information content (AvgIpc) is 2.24. The number of phenols is 1. The summed E-state index contributed by atoms with van der Waals surface area (Å²) in [5, 5.41) is 9.58. The van der Waals surface area contributed by atoms with Crippen LogP contribution in [0, 0.1) is 0 Å². The average molecular weight is 272 g/mol. The van der Waals surface area contributed by atoms with Gasteiger partial charge in [-0.3, -0.25) is 4.79 Å². The Balaban J connectivity index is 3.20. The van der Waals surface area contributed by atoms with Gasteiger partial charge in [0.05, 0.1) is 11.3 Å². The third kappa shape index (κ3) is 2.50. The molecule has 0 atom stereocenters. The molecular formula is C11H14BrNO2. The van der Waals surface area contributed by atoms with Gasteiger partial charge in [0.1, 0.15) is 5.75 Å². The third-order valence-electron chi connectivity index (χ3n) is 2.33. The Morgan fingerprint density at radius 3 is 2.47 bits per heavy atom. The number of aromatic hydroxyl groups is 1. The highest BCUT2D eigenvalue weighted by Gasteiger charge is 2.10. The Kier molecular flexibility index (Phi) is 4.15. The highest BCUT2D eigenvalue weighted by molar-refractivity contribution is 9.10. The molecule has 0 unspecified atom stereocenters. The molecule has 0 heterocycles. The zero-order valence-corrected chi connectivity index (χ0v) is 10.4. The zero-order chi connectivity index (χ0) is 11.4. The standard InChI is InChI=1S/C11H14BrNO2/c1-3-13(4-2)10-6-11(15)8(7-14)5-9(10)12/h5-7,15H,3-4H2,1-2H3. The van der Waals surface area contributed by atoms with E-state index in [0.29, 0.717) is 11.8 Å². The predicted octanol–water partition coefficient (Wildman–Crippen LogP) is 2.81. The molecule has 1 aromatic carbocycles. The molecule has 0 amide bonds. The fourth-order valence-electron chi connectivity index (χ4n) is 1.47. The molecule has 0 saturated heterocycles. The van der Waals surface area contributed by atoms with Gasteiger partial charge in [-0.15, -0.1) is 0 Å². The first-order valence-corrected chi connectivity index (χ1v) is 5.65. The number of aldehydes is 1. The van der Waals surface area contributed by atoms with Crippen molar-refractivity contribution in [2.45, 2.75) is 13.8 Å². The summed E-state index contributed by atoms with van der Waals surface area (Å²) in [7, 11) is 0. The van der Waals surface area contributed by atoms with Crippen LogP contribution in [0.3, 0.4) is 0 Å². The van der Waals surface area contributed by atoms with Crippen LogP contribution in [-0.4, -0.2) is 24.5 Å². The van der Waals surface area contributed by atoms with Gasteiger partial charge in [-0.25, -0.2) is 0 Å². The molecule has 1 rings (SSSR count). The molecule has 0 saturated carbocycles. The van der Waals surface area contributed by atoms with Crippen molar-refractivity contribution in [1.82, 2.24) is 0 Å². The fraction of sp³-hybridized carbons (Fsp3) is 0.364. The van der Waals surface area contributed by atoms with Gasteiger partial charge < -0.3 is 10.0 Å². The van der Waals surface area contributed by atoms with E-state index in [2.05, 4.69) is 20.8 Å². The Morgan fingerprint density at radius 2 is 2.00 bits per heavy atom. The molecule has 15 heavy (non-hydrogen) atoms. The Labute approximate surface area is 97.8 Å². The number of carbonyl (C=O) groups excluding carboxylic acids is 1. The summed E-state index contributed by atoms with van der Waals surface area (Å²) >= 11 is 3.39. The van der Waals surface area contributed by atoms with E-state index in [1.807, 2.05) is 13.8 Å². The molecule has 0 spiro atoms. The Morgan fingerprint density at radius 1 is 1.40 bits per heavy atom. The predicted molar refractivity (Wildman–Crippen MR) is 64.8 cm³/mol. The Bertz CT molecular complexity index is 362. The molecule has 3 nitrogen and oxygen atoms in total. The van der Waals surface area contributed by atoms with Gasteiger partial charge in [0.2, 0.25) is 0 Å². The number of carbonyl (C=O) groups is 1. The van der Waals surface area contributed by atoms with E-state index < -0.39 is 0 Å². The quantitative estimate of drug-likeness (QED) is 0.857. The van der Waals surface area contributed by atoms with E-state index in [9.17, 15) is 9.90 Å². The van der Waals surface area contributed by atoms with Crippen LogP contribution in [0.15, 0.2) is 16.6 Å². The summed E-state index contributed by atoms with van der Waals surface area (Å²) in [4.78, 5) is 12.7. The number of anilines is 1. The normalized spacial score (nSPS) is 10.1. The minimum atomic E-state index is 0.0232. The van der Waals surface area contributed by atoms with Crippen LogP contribution < -0.4 is 4.90 Å². The fourth-order valence-corrected chi connectivity index (χ4v) is 2.08. The number of halogens is 1. The molecule has 0 aliphatic rings. The lowest BCUT2D eigenvalue weighted by Gasteiger charge is -2.22. The summed E-state index contributed by atoms with van der Waals surface area (Å²) in [5.41, 5.74) is 1.21. The van der Waals surface area contributed by atoms with Crippen LogP contribution in [0.1, 0.15) is 24.2 Å². The van der Waals surface area contributed by atoms with Crippen LogP contribution >= 0.6 is 15.9 Å². The van der Waals surface area contributed by atoms with E-state index in [1.165, 1.54) is 0 Å². The first-order chi connectivity index (χ1) is 7.13. The number of phenolic OH excluding ortho intramolecular Hbond substituents is 1. The smallest absolute Gasteiger partial charge is 0.153 e. The first-order valence-electron chi connectivity index (χ1n) is 4.86. The van der Waals surface area contributed by atoms with Crippen LogP contribution in [0.4, 0.5) is 5.69 Å². The van der Waals surface area contributed by atoms with Crippen LogP contribution in [-0.2, 0) is 0 Å². The number of hydrogen-bond acceptors (Lipinski definition) is 3. The van der Waals surface area contributed by atoms with Gasteiger partial charge in [0, 0.05) is 23.6 Å². The van der Waals surface area contributed by atoms with Gasteiger partial charge >= 0.3 is 0 Å². The van der Waals surface area contributed by atoms with Crippen molar-refractivity contribution in [2.75, 3.05) is 18.0 Å². The summed E-state index contributed by atoms with van der Waals surface area (Å²) in [5.74, 6) is 0.0232. The van der Waals surface area contributed by atoms with Gasteiger partial charge in [-0.05, 0) is 35.8 Å². The van der Waals surface area contributed by atoms with Crippen LogP contribution in [0.5, 0.6) is 5.75 Å². The monoisotopic (exact) mass is 271 g/mol. The zero-order valence-electron chi connectivity index (χ0n) is 8.83. The third-order valence-corrected chi connectivity index (χ3v) is 2.96. The van der Waals surface area contributed by atoms with E-state index >= 15 is 0 Å². The molecule has 4 heteroatoms. The topological polar surface area (TPSA) is 40.5 Å². The second kappa shape index (κ2) is 5.16. The van der Waals surface area contributed by atoms with Crippen molar-refractivity contribution < 1.29 is 9.90 Å². The molecule has 0 aliphatic heterocycles. The van der Waals surface area contributed by atoms with Crippen molar-refractivity contribution in [2.24, 2.45) is 0 Å². The maximum absolute atomic E-state index is 10.6. The number of benzene rings is 1. The SMILES string of the molecule is CCN(CC)c1cc(O)c(C=O)cc1Br. The van der Waals surface area contributed by atoms with E-state index in [4.69, 9.17) is 0 Å². The lowest BCUT2D eigenvalue weighted by molar-refractivity contribution is 0.112. The Hall–Kier alpha value is -1.03. The molecule has 0 radical (unpaired) electrons. The molecule has 0 fully saturated rings. The minimum Gasteiger partial charge on any atom is -0.507 e. The molecular weight excluding hydrogens is 258 g/mol. The molecule has 1 N–H and O–H groups in total. The minimum absolute atomic E-state index is 0.0232. The maximum atomic E-state index is 10.6. The molecule has 82 valence electrons. The van der Waals surface area contributed by atoms with Gasteiger partial charge in [-0.2, -0.15) is 0 Å². The summed E-state index contributed by atoms with van der Waals surface area (Å²) in [6.07, 6.45) is 0.645. The largest absolute Gasteiger partial charge is 0.507 e. The number of rotatable bonds is 4. The second-order valence-corrected chi connectivity index (χ2v) is 4.01. The number of nitrogens with zero attached hydrogens (tertiary/aromatic N) is 1. The summed E-state index contributed by atoms with van der Waals surface area (Å²) in [6, 6.07) is 3.25. The van der Waals surface area contributed by atoms with Crippen molar-refractivity contribution >= 4 is 27.9 Å². The summed E-state index contributed by atoms with van der Waals surface area (Å²) < 4.78 is 0.825. The van der Waals surface area contributed by atoms with Gasteiger partial charge in [0.25, 0.3) is 0 Å². The van der Waals surface area contributed by atoms with Crippen LogP contribution in [0.2, 0.25) is 0 Å². The lowest BCUT2D eigenvalue weighted by Crippen LogP contribution is -2.22. The van der Waals surface area contributed by atoms with Gasteiger partial charge in [0.15, 0.2) is 6.29 Å². The summed E-state index contributed by atoms with van der Waals surface area (Å²) in [6.45, 7) is 5.80. The number of hydrogen-bond donors (Lipinski definition) is 1. The lowest BCUT2D eigenvalue weighted by atomic mass is 10.2. The molecule has 0 bridgehead atoms. The van der Waals surface area contributed by atoms with E-state index in [1.54, 1.807) is 12.1 Å². The van der Waals surface area contributed by atoms with Crippen molar-refractivity contribution in [1.29, 1.82) is 0 Å². The molecule has 1 aromatic rings. The van der Waals surface area contributed by atoms with Crippen molar-refractivity contribution in [3.63, 3.8) is 0 Å².